The largest absolute Gasteiger partial charge is 0.390 e. The first-order valence-electron chi connectivity index (χ1n) is 12.9. The van der Waals surface area contributed by atoms with Gasteiger partial charge in [-0.2, -0.15) is 0 Å². The van der Waals surface area contributed by atoms with E-state index in [-0.39, 0.29) is 38.2 Å². The Kier molecular flexibility index (Phi) is 12.1. The van der Waals surface area contributed by atoms with Gasteiger partial charge < -0.3 is 77.8 Å². The fraction of sp³-hybridized carbons (Fsp3) is 0.955. The molecule has 3 fully saturated rings. The maximum atomic E-state index is 12.6. The lowest BCUT2D eigenvalue weighted by Crippen LogP contribution is -2.69. The van der Waals surface area contributed by atoms with Crippen molar-refractivity contribution in [3.05, 3.63) is 0 Å². The van der Waals surface area contributed by atoms with Crippen LogP contribution in [0.2, 0.25) is 0 Å². The van der Waals surface area contributed by atoms with Crippen molar-refractivity contribution in [3.63, 3.8) is 0 Å². The van der Waals surface area contributed by atoms with Crippen LogP contribution in [0.3, 0.4) is 0 Å². The summed E-state index contributed by atoms with van der Waals surface area (Å²) >= 11 is 5.86. The molecule has 0 bridgehead atoms. The minimum atomic E-state index is -1.60. The van der Waals surface area contributed by atoms with E-state index in [2.05, 4.69) is 5.32 Å². The lowest BCUT2D eigenvalue weighted by atomic mass is 9.83. The SMILES string of the molecule is NCC[C@H](O)C(=O)N[C@@H]1C[C@H](N)[C@@H](O[C@H]2O[C@H](CN)[C@@H](O)C[C@H]2O)[C@H](O)[C@H]1O[C@H]1O[C@H](CCl)[C@@H](O)[C@H](N)[C@H]1O. The standard InChI is InChI=1S/C22H42ClN5O11/c23-5-12-15(32)14(27)16(33)22(36-12)39-19-8(28-20(35)9(29)1-2-24)3-7(26)18(17(19)34)38-21-11(31)4-10(30)13(6-25)37-21/h7-19,21-22,29-34H,1-6,24-27H2,(H,28,35)/t7-,8+,9-,10-,11+,12+,13+,14-,15+,16+,17-,18+,19-,21+,22+/m0/s1. The highest BCUT2D eigenvalue weighted by Crippen LogP contribution is 2.32. The van der Waals surface area contributed by atoms with Crippen molar-refractivity contribution < 1.29 is 54.4 Å². The Labute approximate surface area is 230 Å². The zero-order valence-electron chi connectivity index (χ0n) is 21.3. The number of carbonyl (C=O) groups excluding carboxylic acids is 1. The van der Waals surface area contributed by atoms with Gasteiger partial charge in [0.25, 0.3) is 0 Å². The first kappa shape index (κ1) is 32.7. The summed E-state index contributed by atoms with van der Waals surface area (Å²) in [5, 5.41) is 65.3. The minimum absolute atomic E-state index is 0.0237. The third kappa shape index (κ3) is 7.54. The first-order valence-corrected chi connectivity index (χ1v) is 13.4. The molecule has 15 atom stereocenters. The van der Waals surface area contributed by atoms with Crippen LogP contribution >= 0.6 is 11.6 Å². The lowest BCUT2D eigenvalue weighted by Gasteiger charge is -2.48. The Hall–Kier alpha value is -0.800. The second-order valence-electron chi connectivity index (χ2n) is 10.2. The number of ether oxygens (including phenoxy) is 4. The highest BCUT2D eigenvalue weighted by molar-refractivity contribution is 6.18. The van der Waals surface area contributed by atoms with Crippen LogP contribution in [0, 0.1) is 0 Å². The molecule has 1 amide bonds. The Balaban J connectivity index is 1.83. The van der Waals surface area contributed by atoms with Crippen LogP contribution in [0.1, 0.15) is 19.3 Å². The molecule has 16 nitrogen and oxygen atoms in total. The smallest absolute Gasteiger partial charge is 0.249 e. The number of halogens is 1. The molecule has 0 radical (unpaired) electrons. The summed E-state index contributed by atoms with van der Waals surface area (Å²) in [6, 6.07) is -3.15. The van der Waals surface area contributed by atoms with E-state index < -0.39 is 97.7 Å². The van der Waals surface area contributed by atoms with E-state index >= 15 is 0 Å². The summed E-state index contributed by atoms with van der Waals surface area (Å²) in [6.45, 7) is -0.00961. The van der Waals surface area contributed by atoms with Gasteiger partial charge in [0.15, 0.2) is 12.6 Å². The van der Waals surface area contributed by atoms with Gasteiger partial charge in [-0.1, -0.05) is 0 Å². The summed E-state index contributed by atoms with van der Waals surface area (Å²) in [4.78, 5) is 12.6. The molecular formula is C22H42ClN5O11. The van der Waals surface area contributed by atoms with E-state index in [0.717, 1.165) is 0 Å². The first-order chi connectivity index (χ1) is 18.4. The number of aliphatic hydroxyl groups excluding tert-OH is 6. The van der Waals surface area contributed by atoms with Gasteiger partial charge in [0.05, 0.1) is 36.3 Å². The predicted molar refractivity (Wildman–Crippen MR) is 134 cm³/mol. The molecule has 2 saturated heterocycles. The van der Waals surface area contributed by atoms with Gasteiger partial charge in [0, 0.05) is 19.0 Å². The maximum absolute atomic E-state index is 12.6. The summed E-state index contributed by atoms with van der Waals surface area (Å²) in [5.74, 6) is -0.971. The Bertz CT molecular complexity index is 791. The number of amides is 1. The normalized spacial score (nSPS) is 46.0. The number of alkyl halides is 1. The van der Waals surface area contributed by atoms with Crippen molar-refractivity contribution in [1.29, 1.82) is 0 Å². The van der Waals surface area contributed by atoms with Gasteiger partial charge >= 0.3 is 0 Å². The van der Waals surface area contributed by atoms with Crippen LogP contribution in [-0.2, 0) is 23.7 Å². The zero-order chi connectivity index (χ0) is 29.0. The Morgan fingerprint density at radius 1 is 0.923 bits per heavy atom. The molecule has 15 N–H and O–H groups in total. The van der Waals surface area contributed by atoms with E-state index in [1.165, 1.54) is 0 Å². The van der Waals surface area contributed by atoms with Gasteiger partial charge in [-0.25, -0.2) is 0 Å². The quantitative estimate of drug-likeness (QED) is 0.106. The number of nitrogens with two attached hydrogens (primary N) is 4. The molecule has 0 aromatic heterocycles. The molecule has 228 valence electrons. The summed E-state index contributed by atoms with van der Waals surface area (Å²) in [7, 11) is 0. The van der Waals surface area contributed by atoms with E-state index in [0.29, 0.717) is 0 Å². The van der Waals surface area contributed by atoms with Gasteiger partial charge in [-0.15, -0.1) is 11.6 Å². The molecule has 0 aromatic carbocycles. The van der Waals surface area contributed by atoms with E-state index in [4.69, 9.17) is 53.5 Å². The minimum Gasteiger partial charge on any atom is -0.390 e. The molecular weight excluding hydrogens is 546 g/mol. The van der Waals surface area contributed by atoms with Crippen LogP contribution in [-0.4, -0.2) is 147 Å². The molecule has 39 heavy (non-hydrogen) atoms. The fourth-order valence-corrected chi connectivity index (χ4v) is 5.27. The molecule has 3 aliphatic rings. The van der Waals surface area contributed by atoms with Crippen LogP contribution < -0.4 is 28.3 Å². The number of carbonyl (C=O) groups is 1. The third-order valence-electron chi connectivity index (χ3n) is 7.35. The van der Waals surface area contributed by atoms with Crippen molar-refractivity contribution in [2.24, 2.45) is 22.9 Å². The van der Waals surface area contributed by atoms with Crippen molar-refractivity contribution in [2.45, 2.75) is 111 Å². The number of rotatable bonds is 10. The molecule has 1 saturated carbocycles. The molecule has 0 unspecified atom stereocenters. The van der Waals surface area contributed by atoms with Gasteiger partial charge in [-0.05, 0) is 19.4 Å². The monoisotopic (exact) mass is 587 g/mol. The average Bonchev–Trinajstić information content (AvgIpc) is 2.89. The van der Waals surface area contributed by atoms with Crippen LogP contribution in [0.4, 0.5) is 0 Å². The summed E-state index contributed by atoms with van der Waals surface area (Å²) < 4.78 is 22.9. The van der Waals surface area contributed by atoms with Crippen LogP contribution in [0.15, 0.2) is 0 Å². The molecule has 0 aromatic rings. The van der Waals surface area contributed by atoms with Crippen molar-refractivity contribution >= 4 is 17.5 Å². The molecule has 17 heteroatoms. The molecule has 2 aliphatic heterocycles. The van der Waals surface area contributed by atoms with E-state index in [1.54, 1.807) is 0 Å². The highest BCUT2D eigenvalue weighted by Gasteiger charge is 2.51. The van der Waals surface area contributed by atoms with Gasteiger partial charge in [0.1, 0.15) is 42.7 Å². The zero-order valence-corrected chi connectivity index (χ0v) is 22.1. The molecule has 1 aliphatic carbocycles. The molecule has 0 spiro atoms. The van der Waals surface area contributed by atoms with Gasteiger partial charge in [0.2, 0.25) is 5.91 Å². The van der Waals surface area contributed by atoms with Crippen molar-refractivity contribution in [2.75, 3.05) is 19.0 Å². The predicted octanol–water partition coefficient (Wildman–Crippen LogP) is -6.15. The van der Waals surface area contributed by atoms with Crippen LogP contribution in [0.5, 0.6) is 0 Å². The number of aliphatic hydroxyl groups is 6. The van der Waals surface area contributed by atoms with E-state index in [9.17, 15) is 35.4 Å². The topological polar surface area (TPSA) is 291 Å². The molecule has 2 heterocycles. The van der Waals surface area contributed by atoms with Crippen LogP contribution in [0.25, 0.3) is 0 Å². The summed E-state index contributed by atoms with van der Waals surface area (Å²) in [5.41, 5.74) is 23.3. The fourth-order valence-electron chi connectivity index (χ4n) is 5.02. The Morgan fingerprint density at radius 2 is 1.56 bits per heavy atom. The van der Waals surface area contributed by atoms with Crippen molar-refractivity contribution in [1.82, 2.24) is 5.32 Å². The average molecular weight is 588 g/mol. The Morgan fingerprint density at radius 3 is 2.18 bits per heavy atom. The van der Waals surface area contributed by atoms with E-state index in [1.807, 2.05) is 0 Å². The second-order valence-corrected chi connectivity index (χ2v) is 10.5. The summed E-state index contributed by atoms with van der Waals surface area (Å²) in [6.07, 6.45) is -15.5. The number of nitrogens with one attached hydrogen (secondary N) is 1. The third-order valence-corrected chi connectivity index (χ3v) is 7.65. The maximum Gasteiger partial charge on any atom is 0.249 e. The van der Waals surface area contributed by atoms with Gasteiger partial charge in [-0.3, -0.25) is 4.79 Å². The van der Waals surface area contributed by atoms with Crippen molar-refractivity contribution in [3.8, 4) is 0 Å². The second kappa shape index (κ2) is 14.4. The number of hydrogen-bond donors (Lipinski definition) is 11. The number of hydrogen-bond acceptors (Lipinski definition) is 15. The highest BCUT2D eigenvalue weighted by atomic mass is 35.5. The lowest BCUT2D eigenvalue weighted by molar-refractivity contribution is -0.319. The molecule has 3 rings (SSSR count).